The van der Waals surface area contributed by atoms with E-state index in [9.17, 15) is 9.59 Å². The molecule has 0 heterocycles. The van der Waals surface area contributed by atoms with Crippen LogP contribution in [0.5, 0.6) is 0 Å². The van der Waals surface area contributed by atoms with Crippen LogP contribution in [0.1, 0.15) is 41.6 Å². The third kappa shape index (κ3) is 2.55. The molecule has 0 radical (unpaired) electrons. The zero-order chi connectivity index (χ0) is 14.1. The minimum atomic E-state index is -0.449. The highest BCUT2D eigenvalue weighted by molar-refractivity contribution is 5.92. The molecule has 3 rings (SSSR count). The van der Waals surface area contributed by atoms with E-state index in [1.165, 1.54) is 19.3 Å². The van der Waals surface area contributed by atoms with Gasteiger partial charge in [-0.3, -0.25) is 9.59 Å². The van der Waals surface area contributed by atoms with Gasteiger partial charge in [-0.25, -0.2) is 0 Å². The lowest BCUT2D eigenvalue weighted by Gasteiger charge is -2.19. The van der Waals surface area contributed by atoms with Crippen LogP contribution in [0.2, 0.25) is 0 Å². The monoisotopic (exact) mass is 273 g/mol. The number of nitrogens with two attached hydrogens (primary N) is 1. The molecule has 2 aliphatic rings. The van der Waals surface area contributed by atoms with Crippen molar-refractivity contribution in [2.24, 2.45) is 23.5 Å². The van der Waals surface area contributed by atoms with Gasteiger partial charge in [0.25, 0.3) is 0 Å². The highest BCUT2D eigenvalue weighted by Gasteiger charge is 2.43. The number of primary amides is 1. The van der Waals surface area contributed by atoms with Crippen molar-refractivity contribution < 1.29 is 14.3 Å². The fourth-order valence-corrected chi connectivity index (χ4v) is 3.56. The molecule has 2 fully saturated rings. The molecular weight excluding hydrogens is 254 g/mol. The van der Waals surface area contributed by atoms with Crippen LogP contribution in [0, 0.1) is 17.8 Å². The lowest BCUT2D eigenvalue weighted by molar-refractivity contribution is -0.151. The van der Waals surface area contributed by atoms with Crippen LogP contribution in [0.15, 0.2) is 24.3 Å². The maximum absolute atomic E-state index is 12.1. The number of esters is 1. The SMILES string of the molecule is NC(=O)c1ccc(COC(=O)[C@@H]2C[C@H]3CC[C@H]2C3)cc1. The first kappa shape index (κ1) is 13.2. The van der Waals surface area contributed by atoms with E-state index in [1.807, 2.05) is 0 Å². The van der Waals surface area contributed by atoms with Crippen molar-refractivity contribution in [3.05, 3.63) is 35.4 Å². The number of rotatable bonds is 4. The zero-order valence-electron chi connectivity index (χ0n) is 11.4. The fourth-order valence-electron chi connectivity index (χ4n) is 3.56. The van der Waals surface area contributed by atoms with Gasteiger partial charge in [0.2, 0.25) is 5.91 Å². The van der Waals surface area contributed by atoms with Crippen LogP contribution in [-0.2, 0) is 16.1 Å². The molecule has 4 nitrogen and oxygen atoms in total. The molecule has 0 spiro atoms. The summed E-state index contributed by atoms with van der Waals surface area (Å²) in [4.78, 5) is 23.0. The van der Waals surface area contributed by atoms with Gasteiger partial charge in [0.1, 0.15) is 6.61 Å². The van der Waals surface area contributed by atoms with Crippen LogP contribution in [0.4, 0.5) is 0 Å². The van der Waals surface area contributed by atoms with E-state index < -0.39 is 5.91 Å². The van der Waals surface area contributed by atoms with E-state index in [0.29, 0.717) is 11.5 Å². The first-order chi connectivity index (χ1) is 9.63. The predicted octanol–water partition coefficient (Wildman–Crippen LogP) is 2.26. The molecule has 2 aliphatic carbocycles. The number of hydrogen-bond acceptors (Lipinski definition) is 3. The Kier molecular flexibility index (Phi) is 3.47. The molecule has 0 aliphatic heterocycles. The van der Waals surface area contributed by atoms with Crippen LogP contribution in [0.3, 0.4) is 0 Å². The smallest absolute Gasteiger partial charge is 0.309 e. The third-order valence-corrected chi connectivity index (χ3v) is 4.66. The number of carbonyl (C=O) groups excluding carboxylic acids is 2. The lowest BCUT2D eigenvalue weighted by atomic mass is 9.89. The summed E-state index contributed by atoms with van der Waals surface area (Å²) in [5, 5.41) is 0. The molecule has 20 heavy (non-hydrogen) atoms. The number of ether oxygens (including phenoxy) is 1. The summed E-state index contributed by atoms with van der Waals surface area (Å²) >= 11 is 0. The normalized spacial score (nSPS) is 27.5. The summed E-state index contributed by atoms with van der Waals surface area (Å²) in [6.07, 6.45) is 4.66. The number of benzene rings is 1. The van der Waals surface area contributed by atoms with Gasteiger partial charge in [0.05, 0.1) is 5.92 Å². The Morgan fingerprint density at radius 3 is 2.45 bits per heavy atom. The Hall–Kier alpha value is -1.84. The van der Waals surface area contributed by atoms with Crippen LogP contribution >= 0.6 is 0 Å². The molecule has 0 aromatic heterocycles. The Bertz CT molecular complexity index is 523. The molecule has 106 valence electrons. The average molecular weight is 273 g/mol. The molecule has 1 aromatic carbocycles. The van der Waals surface area contributed by atoms with Gasteiger partial charge in [-0.2, -0.15) is 0 Å². The minimum absolute atomic E-state index is 0.0591. The van der Waals surface area contributed by atoms with Crippen molar-refractivity contribution in [2.45, 2.75) is 32.3 Å². The molecule has 2 saturated carbocycles. The summed E-state index contributed by atoms with van der Waals surface area (Å²) in [5.74, 6) is 0.891. The Morgan fingerprint density at radius 2 is 1.90 bits per heavy atom. The third-order valence-electron chi connectivity index (χ3n) is 4.66. The van der Waals surface area contributed by atoms with Crippen LogP contribution in [-0.4, -0.2) is 11.9 Å². The summed E-state index contributed by atoms with van der Waals surface area (Å²) in [7, 11) is 0. The molecular formula is C16H19NO3. The van der Waals surface area contributed by atoms with Crippen molar-refractivity contribution >= 4 is 11.9 Å². The molecule has 1 aromatic rings. The average Bonchev–Trinajstić information content (AvgIpc) is 3.08. The number of hydrogen-bond donors (Lipinski definition) is 1. The standard InChI is InChI=1S/C16H19NO3/c17-15(18)12-4-1-10(2-5-12)9-20-16(19)14-8-11-3-6-13(14)7-11/h1-2,4-5,11,13-14H,3,6-9H2,(H2,17,18)/t11-,13-,14+/m0/s1. The van der Waals surface area contributed by atoms with Crippen molar-refractivity contribution in [3.63, 3.8) is 0 Å². The Balaban J connectivity index is 1.54. The van der Waals surface area contributed by atoms with E-state index in [2.05, 4.69) is 0 Å². The molecule has 1 amide bonds. The van der Waals surface area contributed by atoms with Crippen LogP contribution in [0.25, 0.3) is 0 Å². The van der Waals surface area contributed by atoms with Gasteiger partial charge in [-0.15, -0.1) is 0 Å². The van der Waals surface area contributed by atoms with Gasteiger partial charge in [-0.1, -0.05) is 18.6 Å². The first-order valence-corrected chi connectivity index (χ1v) is 7.19. The van der Waals surface area contributed by atoms with E-state index in [0.717, 1.165) is 17.9 Å². The summed E-state index contributed by atoms with van der Waals surface area (Å²) < 4.78 is 5.41. The van der Waals surface area contributed by atoms with E-state index in [-0.39, 0.29) is 18.5 Å². The van der Waals surface area contributed by atoms with Crippen molar-refractivity contribution in [2.75, 3.05) is 0 Å². The van der Waals surface area contributed by atoms with Gasteiger partial charge in [0.15, 0.2) is 0 Å². The van der Waals surface area contributed by atoms with Gasteiger partial charge >= 0.3 is 5.97 Å². The summed E-state index contributed by atoms with van der Waals surface area (Å²) in [5.41, 5.74) is 6.53. The zero-order valence-corrected chi connectivity index (χ0v) is 11.4. The minimum Gasteiger partial charge on any atom is -0.461 e. The molecule has 2 N–H and O–H groups in total. The highest BCUT2D eigenvalue weighted by Crippen LogP contribution is 2.48. The maximum atomic E-state index is 12.1. The fraction of sp³-hybridized carbons (Fsp3) is 0.500. The van der Waals surface area contributed by atoms with Crippen LogP contribution < -0.4 is 5.73 Å². The number of amides is 1. The van der Waals surface area contributed by atoms with Gasteiger partial charge < -0.3 is 10.5 Å². The summed E-state index contributed by atoms with van der Waals surface area (Å²) in [6, 6.07) is 6.86. The molecule has 3 atom stereocenters. The van der Waals surface area contributed by atoms with Gasteiger partial charge in [0, 0.05) is 5.56 Å². The topological polar surface area (TPSA) is 69.4 Å². The Morgan fingerprint density at radius 1 is 1.15 bits per heavy atom. The summed E-state index contributed by atoms with van der Waals surface area (Å²) in [6.45, 7) is 0.270. The predicted molar refractivity (Wildman–Crippen MR) is 73.7 cm³/mol. The first-order valence-electron chi connectivity index (χ1n) is 7.19. The van der Waals surface area contributed by atoms with E-state index in [4.69, 9.17) is 10.5 Å². The molecule has 2 bridgehead atoms. The van der Waals surface area contributed by atoms with Crippen molar-refractivity contribution in [1.82, 2.24) is 0 Å². The molecule has 0 saturated heterocycles. The van der Waals surface area contributed by atoms with Crippen molar-refractivity contribution in [1.29, 1.82) is 0 Å². The maximum Gasteiger partial charge on any atom is 0.309 e. The second-order valence-electron chi connectivity index (χ2n) is 5.95. The Labute approximate surface area is 118 Å². The van der Waals surface area contributed by atoms with E-state index >= 15 is 0 Å². The van der Waals surface area contributed by atoms with E-state index in [1.54, 1.807) is 24.3 Å². The number of carbonyl (C=O) groups is 2. The van der Waals surface area contributed by atoms with Crippen molar-refractivity contribution in [3.8, 4) is 0 Å². The second-order valence-corrected chi connectivity index (χ2v) is 5.95. The largest absolute Gasteiger partial charge is 0.461 e. The second kappa shape index (κ2) is 5.27. The molecule has 0 unspecified atom stereocenters. The quantitative estimate of drug-likeness (QED) is 0.855. The highest BCUT2D eigenvalue weighted by atomic mass is 16.5. The van der Waals surface area contributed by atoms with Gasteiger partial charge in [-0.05, 0) is 48.8 Å². The number of fused-ring (bicyclic) bond motifs is 2. The lowest BCUT2D eigenvalue weighted by Crippen LogP contribution is -2.23. The molecule has 4 heteroatoms.